The number of carbonyl (C=O) groups is 1. The minimum absolute atomic E-state index is 0.239. The van der Waals surface area contributed by atoms with Gasteiger partial charge < -0.3 is 9.47 Å². The lowest BCUT2D eigenvalue weighted by atomic mass is 10.0. The summed E-state index contributed by atoms with van der Waals surface area (Å²) in [5.74, 6) is 0.239. The van der Waals surface area contributed by atoms with E-state index in [1.54, 1.807) is 0 Å². The summed E-state index contributed by atoms with van der Waals surface area (Å²) in [4.78, 5) is 14.1. The molecular formula is C20H24N2O. The van der Waals surface area contributed by atoms with E-state index in [1.807, 2.05) is 11.0 Å². The maximum Gasteiger partial charge on any atom is 0.226 e. The molecule has 1 aliphatic heterocycles. The van der Waals surface area contributed by atoms with E-state index in [4.69, 9.17) is 0 Å². The lowest BCUT2D eigenvalue weighted by Gasteiger charge is -2.24. The number of rotatable bonds is 5. The fraction of sp³-hybridized carbons (Fsp3) is 0.350. The van der Waals surface area contributed by atoms with Gasteiger partial charge in [0.15, 0.2) is 0 Å². The van der Waals surface area contributed by atoms with Gasteiger partial charge in [0.25, 0.3) is 0 Å². The first-order chi connectivity index (χ1) is 11.2. The maximum atomic E-state index is 12.2. The second-order valence-electron chi connectivity index (χ2n) is 6.12. The molecule has 3 heteroatoms. The van der Waals surface area contributed by atoms with Crippen LogP contribution in [0.2, 0.25) is 0 Å². The smallest absolute Gasteiger partial charge is 0.226 e. The van der Waals surface area contributed by atoms with E-state index < -0.39 is 0 Å². The standard InChI is InChI=1S/C20H24N2O/c1-4-15-10-11-20(23)22(14-15)13-12-17-16-8-6-7-9-19(16)21(3)18(17)5-2/h5-9,14H,2,4,10-13H2,1,3H3. The van der Waals surface area contributed by atoms with Crippen molar-refractivity contribution in [3.63, 3.8) is 0 Å². The van der Waals surface area contributed by atoms with E-state index in [9.17, 15) is 4.79 Å². The maximum absolute atomic E-state index is 12.2. The van der Waals surface area contributed by atoms with E-state index in [0.717, 1.165) is 31.5 Å². The number of para-hydroxylation sites is 1. The lowest BCUT2D eigenvalue weighted by Crippen LogP contribution is -2.31. The van der Waals surface area contributed by atoms with Crippen LogP contribution >= 0.6 is 0 Å². The van der Waals surface area contributed by atoms with Crippen LogP contribution in [-0.4, -0.2) is 21.9 Å². The second kappa shape index (κ2) is 6.45. The normalized spacial score (nSPS) is 15.1. The molecule has 120 valence electrons. The van der Waals surface area contributed by atoms with Gasteiger partial charge in [-0.3, -0.25) is 4.79 Å². The highest BCUT2D eigenvalue weighted by atomic mass is 16.2. The fourth-order valence-corrected chi connectivity index (χ4v) is 3.47. The Morgan fingerprint density at radius 1 is 1.26 bits per heavy atom. The quantitative estimate of drug-likeness (QED) is 0.809. The number of allylic oxidation sites excluding steroid dienone is 1. The highest BCUT2D eigenvalue weighted by molar-refractivity contribution is 5.88. The molecule has 2 aromatic rings. The second-order valence-corrected chi connectivity index (χ2v) is 6.12. The molecule has 0 atom stereocenters. The van der Waals surface area contributed by atoms with E-state index in [1.165, 1.54) is 22.0 Å². The molecule has 3 rings (SSSR count). The predicted octanol–water partition coefficient (Wildman–Crippen LogP) is 4.28. The number of hydrogen-bond acceptors (Lipinski definition) is 1. The number of hydrogen-bond donors (Lipinski definition) is 0. The van der Waals surface area contributed by atoms with Crippen molar-refractivity contribution < 1.29 is 4.79 Å². The van der Waals surface area contributed by atoms with Crippen molar-refractivity contribution in [2.75, 3.05) is 6.54 Å². The molecule has 1 aromatic carbocycles. The molecule has 0 unspecified atom stereocenters. The Morgan fingerprint density at radius 3 is 2.78 bits per heavy atom. The van der Waals surface area contributed by atoms with Crippen LogP contribution in [0.25, 0.3) is 17.0 Å². The molecule has 0 bridgehead atoms. The van der Waals surface area contributed by atoms with E-state index in [2.05, 4.69) is 55.6 Å². The van der Waals surface area contributed by atoms with Crippen LogP contribution in [0.4, 0.5) is 0 Å². The largest absolute Gasteiger partial charge is 0.344 e. The van der Waals surface area contributed by atoms with Gasteiger partial charge in [-0.2, -0.15) is 0 Å². The number of amides is 1. The predicted molar refractivity (Wildman–Crippen MR) is 96.0 cm³/mol. The Hall–Kier alpha value is -2.29. The Balaban J connectivity index is 1.90. The first-order valence-electron chi connectivity index (χ1n) is 8.33. The molecule has 0 aliphatic carbocycles. The number of aryl methyl sites for hydroxylation is 1. The lowest BCUT2D eigenvalue weighted by molar-refractivity contribution is -0.129. The molecular weight excluding hydrogens is 284 g/mol. The SMILES string of the molecule is C=Cc1c(CCN2C=C(CC)CCC2=O)c2ccccc2n1C. The number of aromatic nitrogens is 1. The molecule has 2 heterocycles. The van der Waals surface area contributed by atoms with Crippen molar-refractivity contribution in [2.45, 2.75) is 32.6 Å². The summed E-state index contributed by atoms with van der Waals surface area (Å²) in [6.07, 6.45) is 7.41. The summed E-state index contributed by atoms with van der Waals surface area (Å²) < 4.78 is 2.18. The summed E-state index contributed by atoms with van der Waals surface area (Å²) >= 11 is 0. The number of carbonyl (C=O) groups excluding carboxylic acids is 1. The first kappa shape index (κ1) is 15.6. The minimum atomic E-state index is 0.239. The highest BCUT2D eigenvalue weighted by Gasteiger charge is 2.19. The summed E-state index contributed by atoms with van der Waals surface area (Å²) in [5.41, 5.74) is 5.01. The van der Waals surface area contributed by atoms with Crippen LogP contribution in [0.5, 0.6) is 0 Å². The molecule has 3 nitrogen and oxygen atoms in total. The Bertz CT molecular complexity index is 782. The van der Waals surface area contributed by atoms with Crippen molar-refractivity contribution in [1.29, 1.82) is 0 Å². The molecule has 1 aliphatic rings. The van der Waals surface area contributed by atoms with Gasteiger partial charge in [-0.25, -0.2) is 0 Å². The van der Waals surface area contributed by atoms with Crippen molar-refractivity contribution in [2.24, 2.45) is 7.05 Å². The van der Waals surface area contributed by atoms with Crippen molar-refractivity contribution >= 4 is 22.9 Å². The van der Waals surface area contributed by atoms with Crippen LogP contribution < -0.4 is 0 Å². The van der Waals surface area contributed by atoms with Crippen LogP contribution in [-0.2, 0) is 18.3 Å². The van der Waals surface area contributed by atoms with Crippen LogP contribution in [0.3, 0.4) is 0 Å². The average molecular weight is 308 g/mol. The Morgan fingerprint density at radius 2 is 2.04 bits per heavy atom. The molecule has 0 spiro atoms. The van der Waals surface area contributed by atoms with Gasteiger partial charge in [0.05, 0.1) is 0 Å². The number of benzene rings is 1. The van der Waals surface area contributed by atoms with Crippen LogP contribution in [0, 0.1) is 0 Å². The van der Waals surface area contributed by atoms with Gasteiger partial charge in [-0.05, 0) is 37.0 Å². The van der Waals surface area contributed by atoms with E-state index in [0.29, 0.717) is 6.42 Å². The molecule has 0 radical (unpaired) electrons. The zero-order valence-corrected chi connectivity index (χ0v) is 14.0. The molecule has 0 saturated heterocycles. The van der Waals surface area contributed by atoms with Gasteiger partial charge in [-0.15, -0.1) is 0 Å². The van der Waals surface area contributed by atoms with E-state index in [-0.39, 0.29) is 5.91 Å². The third kappa shape index (κ3) is 2.83. The zero-order valence-electron chi connectivity index (χ0n) is 14.0. The Labute approximate surface area is 137 Å². The van der Waals surface area contributed by atoms with Crippen molar-refractivity contribution in [1.82, 2.24) is 9.47 Å². The van der Waals surface area contributed by atoms with Gasteiger partial charge in [0.2, 0.25) is 5.91 Å². The van der Waals surface area contributed by atoms with Crippen molar-refractivity contribution in [3.8, 4) is 0 Å². The number of fused-ring (bicyclic) bond motifs is 1. The molecule has 0 saturated carbocycles. The molecule has 23 heavy (non-hydrogen) atoms. The number of nitrogens with zero attached hydrogens (tertiary/aromatic N) is 2. The van der Waals surface area contributed by atoms with E-state index >= 15 is 0 Å². The van der Waals surface area contributed by atoms with Gasteiger partial charge in [0, 0.05) is 42.8 Å². The summed E-state index contributed by atoms with van der Waals surface area (Å²) in [7, 11) is 2.07. The zero-order chi connectivity index (χ0) is 16.4. The topological polar surface area (TPSA) is 25.2 Å². The monoisotopic (exact) mass is 308 g/mol. The molecule has 0 N–H and O–H groups in total. The highest BCUT2D eigenvalue weighted by Crippen LogP contribution is 2.27. The fourth-order valence-electron chi connectivity index (χ4n) is 3.47. The van der Waals surface area contributed by atoms with Gasteiger partial charge in [-0.1, -0.05) is 37.3 Å². The van der Waals surface area contributed by atoms with Crippen LogP contribution in [0.1, 0.15) is 37.4 Å². The van der Waals surface area contributed by atoms with Crippen LogP contribution in [0.15, 0.2) is 42.6 Å². The summed E-state index contributed by atoms with van der Waals surface area (Å²) in [6.45, 7) is 6.86. The van der Waals surface area contributed by atoms with Gasteiger partial charge >= 0.3 is 0 Å². The molecule has 0 fully saturated rings. The third-order valence-corrected chi connectivity index (χ3v) is 4.83. The van der Waals surface area contributed by atoms with Crippen molar-refractivity contribution in [3.05, 3.63) is 53.9 Å². The molecule has 1 aromatic heterocycles. The summed E-state index contributed by atoms with van der Waals surface area (Å²) in [6, 6.07) is 8.42. The van der Waals surface area contributed by atoms with Gasteiger partial charge in [0.1, 0.15) is 0 Å². The molecule has 1 amide bonds. The minimum Gasteiger partial charge on any atom is -0.344 e. The first-order valence-corrected chi connectivity index (χ1v) is 8.33. The average Bonchev–Trinajstić information content (AvgIpc) is 2.86. The Kier molecular flexibility index (Phi) is 4.37. The third-order valence-electron chi connectivity index (χ3n) is 4.83. The summed E-state index contributed by atoms with van der Waals surface area (Å²) in [5, 5.41) is 1.26.